The van der Waals surface area contributed by atoms with Crippen molar-refractivity contribution in [3.63, 3.8) is 0 Å². The Morgan fingerprint density at radius 1 is 1.29 bits per heavy atom. The highest BCUT2D eigenvalue weighted by molar-refractivity contribution is 14.0. The van der Waals surface area contributed by atoms with E-state index in [0.717, 1.165) is 33.6 Å². The van der Waals surface area contributed by atoms with Gasteiger partial charge in [0, 0.05) is 37.5 Å². The standard InChI is InChI=1S/C18H23F3N4OS.HI/c1-4-26-14-9-12(2)5-6-13(14)10-24-17(22-3)23-8-7-16-25-15(11-27-16)18(19,20)21;/h5-6,9,11H,4,7-8,10H2,1-3H3,(H2,22,23,24);1H. The molecule has 2 aromatic rings. The summed E-state index contributed by atoms with van der Waals surface area (Å²) >= 11 is 1.01. The smallest absolute Gasteiger partial charge is 0.434 e. The molecule has 0 aliphatic carbocycles. The van der Waals surface area contributed by atoms with Gasteiger partial charge in [0.1, 0.15) is 5.75 Å². The molecule has 1 heterocycles. The number of guanidine groups is 1. The van der Waals surface area contributed by atoms with Gasteiger partial charge in [-0.25, -0.2) is 4.98 Å². The Kier molecular flexibility index (Phi) is 10.0. The van der Waals surface area contributed by atoms with Gasteiger partial charge in [-0.1, -0.05) is 12.1 Å². The van der Waals surface area contributed by atoms with Crippen LogP contribution in [-0.4, -0.2) is 31.1 Å². The summed E-state index contributed by atoms with van der Waals surface area (Å²) in [5.74, 6) is 1.38. The highest BCUT2D eigenvalue weighted by atomic mass is 127. The number of aromatic nitrogens is 1. The topological polar surface area (TPSA) is 58.5 Å². The maximum Gasteiger partial charge on any atom is 0.434 e. The number of nitrogens with one attached hydrogen (secondary N) is 2. The highest BCUT2D eigenvalue weighted by Gasteiger charge is 2.33. The quantitative estimate of drug-likeness (QED) is 0.318. The van der Waals surface area contributed by atoms with Gasteiger partial charge in [0.25, 0.3) is 0 Å². The largest absolute Gasteiger partial charge is 0.494 e. The van der Waals surface area contributed by atoms with Gasteiger partial charge in [0.05, 0.1) is 11.6 Å². The number of nitrogens with zero attached hydrogens (tertiary/aromatic N) is 2. The fourth-order valence-electron chi connectivity index (χ4n) is 2.34. The van der Waals surface area contributed by atoms with Crippen molar-refractivity contribution in [2.24, 2.45) is 4.99 Å². The summed E-state index contributed by atoms with van der Waals surface area (Å²) in [7, 11) is 1.64. The summed E-state index contributed by atoms with van der Waals surface area (Å²) in [6.45, 7) is 5.46. The minimum absolute atomic E-state index is 0. The molecular formula is C18H24F3IN4OS. The fourth-order valence-corrected chi connectivity index (χ4v) is 3.15. The molecule has 0 aliphatic rings. The molecule has 156 valence electrons. The molecule has 0 atom stereocenters. The van der Waals surface area contributed by atoms with E-state index < -0.39 is 11.9 Å². The molecular weight excluding hydrogens is 504 g/mol. The van der Waals surface area contributed by atoms with E-state index in [9.17, 15) is 13.2 Å². The average molecular weight is 528 g/mol. The lowest BCUT2D eigenvalue weighted by Crippen LogP contribution is -2.37. The molecule has 0 saturated heterocycles. The van der Waals surface area contributed by atoms with Crippen molar-refractivity contribution in [3.05, 3.63) is 45.4 Å². The number of aliphatic imine (C=N–C) groups is 1. The lowest BCUT2D eigenvalue weighted by Gasteiger charge is -2.14. The van der Waals surface area contributed by atoms with Crippen molar-refractivity contribution >= 4 is 41.3 Å². The van der Waals surface area contributed by atoms with E-state index in [2.05, 4.69) is 20.6 Å². The molecule has 2 N–H and O–H groups in total. The summed E-state index contributed by atoms with van der Waals surface area (Å²) in [5, 5.41) is 7.73. The molecule has 10 heteroatoms. The third-order valence-electron chi connectivity index (χ3n) is 3.67. The molecule has 0 spiro atoms. The van der Waals surface area contributed by atoms with Gasteiger partial charge in [-0.2, -0.15) is 13.2 Å². The molecule has 0 unspecified atom stereocenters. The molecule has 0 amide bonds. The van der Waals surface area contributed by atoms with Crippen LogP contribution in [0.25, 0.3) is 0 Å². The van der Waals surface area contributed by atoms with Gasteiger partial charge in [0.15, 0.2) is 11.7 Å². The Balaban J connectivity index is 0.00000392. The van der Waals surface area contributed by atoms with Gasteiger partial charge in [0.2, 0.25) is 0 Å². The van der Waals surface area contributed by atoms with Crippen LogP contribution in [0.3, 0.4) is 0 Å². The summed E-state index contributed by atoms with van der Waals surface area (Å²) < 4.78 is 43.4. The molecule has 0 fully saturated rings. The lowest BCUT2D eigenvalue weighted by molar-refractivity contribution is -0.140. The zero-order chi connectivity index (χ0) is 19.9. The van der Waals surface area contributed by atoms with E-state index in [1.54, 1.807) is 7.05 Å². The van der Waals surface area contributed by atoms with Crippen molar-refractivity contribution in [2.45, 2.75) is 33.0 Å². The fraction of sp³-hybridized carbons (Fsp3) is 0.444. The van der Waals surface area contributed by atoms with Crippen LogP contribution in [0.2, 0.25) is 0 Å². The second-order valence-electron chi connectivity index (χ2n) is 5.77. The Morgan fingerprint density at radius 3 is 2.64 bits per heavy atom. The number of aryl methyl sites for hydroxylation is 1. The Bertz CT molecular complexity index is 780. The molecule has 1 aromatic heterocycles. The molecule has 28 heavy (non-hydrogen) atoms. The number of hydrogen-bond acceptors (Lipinski definition) is 4. The normalized spacial score (nSPS) is 11.7. The zero-order valence-electron chi connectivity index (χ0n) is 15.9. The van der Waals surface area contributed by atoms with Crippen LogP contribution in [0.4, 0.5) is 13.2 Å². The Morgan fingerprint density at radius 2 is 2.04 bits per heavy atom. The van der Waals surface area contributed by atoms with Gasteiger partial charge in [-0.15, -0.1) is 35.3 Å². The summed E-state index contributed by atoms with van der Waals surface area (Å²) in [5.41, 5.74) is 1.28. The maximum atomic E-state index is 12.6. The lowest BCUT2D eigenvalue weighted by atomic mass is 10.1. The number of halogens is 4. The molecule has 0 aliphatic heterocycles. The van der Waals surface area contributed by atoms with Crippen LogP contribution >= 0.6 is 35.3 Å². The SMILES string of the molecule is CCOc1cc(C)ccc1CNC(=NC)NCCc1nc(C(F)(F)F)cs1.I. The number of rotatable bonds is 7. The highest BCUT2D eigenvalue weighted by Crippen LogP contribution is 2.30. The van der Waals surface area contributed by atoms with Crippen molar-refractivity contribution in [1.82, 2.24) is 15.6 Å². The first-order chi connectivity index (χ1) is 12.8. The first kappa shape index (κ1) is 24.5. The van der Waals surface area contributed by atoms with Gasteiger partial charge < -0.3 is 15.4 Å². The Hall–Kier alpha value is -1.56. The van der Waals surface area contributed by atoms with E-state index in [4.69, 9.17) is 4.74 Å². The van der Waals surface area contributed by atoms with E-state index >= 15 is 0 Å². The van der Waals surface area contributed by atoms with Crippen LogP contribution in [0.15, 0.2) is 28.6 Å². The van der Waals surface area contributed by atoms with Crippen LogP contribution in [0, 0.1) is 6.92 Å². The first-order valence-corrected chi connectivity index (χ1v) is 9.40. The average Bonchev–Trinajstić information content (AvgIpc) is 3.09. The second kappa shape index (κ2) is 11.4. The van der Waals surface area contributed by atoms with E-state index in [1.807, 2.05) is 32.0 Å². The monoisotopic (exact) mass is 528 g/mol. The Labute approximate surface area is 183 Å². The second-order valence-corrected chi connectivity index (χ2v) is 6.71. The minimum atomic E-state index is -4.40. The molecule has 2 rings (SSSR count). The zero-order valence-corrected chi connectivity index (χ0v) is 19.0. The third-order valence-corrected chi connectivity index (χ3v) is 4.57. The molecule has 0 bridgehead atoms. The number of ether oxygens (including phenoxy) is 1. The summed E-state index contributed by atoms with van der Waals surface area (Å²) in [6, 6.07) is 5.99. The molecule has 5 nitrogen and oxygen atoms in total. The first-order valence-electron chi connectivity index (χ1n) is 8.52. The van der Waals surface area contributed by atoms with Crippen molar-refractivity contribution < 1.29 is 17.9 Å². The van der Waals surface area contributed by atoms with Crippen LogP contribution in [0.1, 0.15) is 28.8 Å². The van der Waals surface area contributed by atoms with Crippen molar-refractivity contribution in [3.8, 4) is 5.75 Å². The summed E-state index contributed by atoms with van der Waals surface area (Å²) in [6.07, 6.45) is -4.01. The van der Waals surface area contributed by atoms with Crippen LogP contribution < -0.4 is 15.4 Å². The van der Waals surface area contributed by atoms with Crippen LogP contribution in [-0.2, 0) is 19.1 Å². The van der Waals surface area contributed by atoms with Gasteiger partial charge in [-0.05, 0) is 25.5 Å². The van der Waals surface area contributed by atoms with Crippen molar-refractivity contribution in [1.29, 1.82) is 0 Å². The van der Waals surface area contributed by atoms with E-state index in [1.165, 1.54) is 0 Å². The summed E-state index contributed by atoms with van der Waals surface area (Å²) in [4.78, 5) is 7.74. The molecule has 0 radical (unpaired) electrons. The van der Waals surface area contributed by atoms with E-state index in [0.29, 0.717) is 37.1 Å². The van der Waals surface area contributed by atoms with Crippen molar-refractivity contribution in [2.75, 3.05) is 20.2 Å². The maximum absolute atomic E-state index is 12.6. The number of thiazole rings is 1. The van der Waals surface area contributed by atoms with E-state index in [-0.39, 0.29) is 24.0 Å². The predicted molar refractivity (Wildman–Crippen MR) is 117 cm³/mol. The van der Waals surface area contributed by atoms with Crippen LogP contribution in [0.5, 0.6) is 5.75 Å². The predicted octanol–water partition coefficient (Wildman–Crippen LogP) is 4.39. The number of benzene rings is 1. The third kappa shape index (κ3) is 7.46. The minimum Gasteiger partial charge on any atom is -0.494 e. The molecule has 0 saturated carbocycles. The van der Waals surface area contributed by atoms with Gasteiger partial charge in [-0.3, -0.25) is 4.99 Å². The molecule has 1 aromatic carbocycles. The number of alkyl halides is 3. The number of hydrogen-bond donors (Lipinski definition) is 2. The van der Waals surface area contributed by atoms with Gasteiger partial charge >= 0.3 is 6.18 Å².